The molecule has 0 saturated carbocycles. The van der Waals surface area contributed by atoms with Gasteiger partial charge in [0.1, 0.15) is 0 Å². The molecule has 25 heavy (non-hydrogen) atoms. The first-order valence-electron chi connectivity index (χ1n) is 8.68. The third-order valence-corrected chi connectivity index (χ3v) is 5.02. The van der Waals surface area contributed by atoms with E-state index in [9.17, 15) is 18.0 Å². The van der Waals surface area contributed by atoms with Gasteiger partial charge in [0.05, 0.1) is 11.5 Å². The fraction of sp³-hybridized carbons (Fsp3) is 0.579. The highest BCUT2D eigenvalue weighted by atomic mass is 19.4. The van der Waals surface area contributed by atoms with Crippen LogP contribution in [0.4, 0.5) is 13.2 Å². The minimum Gasteiger partial charge on any atom is -0.343 e. The van der Waals surface area contributed by atoms with E-state index in [1.54, 1.807) is 23.1 Å². The fourth-order valence-electron chi connectivity index (χ4n) is 3.45. The standard InChI is InChI=1S/C19H23F3N2O/c20-19(21,22)18(16-8-4-3-5-9-16)11-14-24(15-12-18)17(25)10-6-1-2-7-13-23/h3-5,8-9H,1-2,6-7,10-12,14-15H2. The van der Waals surface area contributed by atoms with Gasteiger partial charge in [0.15, 0.2) is 0 Å². The molecule has 1 saturated heterocycles. The van der Waals surface area contributed by atoms with Gasteiger partial charge in [0, 0.05) is 25.9 Å². The average molecular weight is 352 g/mol. The van der Waals surface area contributed by atoms with E-state index in [2.05, 4.69) is 6.07 Å². The zero-order valence-electron chi connectivity index (χ0n) is 14.2. The van der Waals surface area contributed by atoms with Crippen molar-refractivity contribution in [2.45, 2.75) is 56.5 Å². The first kappa shape index (κ1) is 19.3. The molecule has 1 amide bonds. The number of unbranched alkanes of at least 4 members (excludes halogenated alkanes) is 3. The third kappa shape index (κ3) is 4.53. The Kier molecular flexibility index (Phi) is 6.46. The zero-order chi connectivity index (χ0) is 18.3. The van der Waals surface area contributed by atoms with Crippen LogP contribution in [0.2, 0.25) is 0 Å². The SMILES string of the molecule is N#CCCCCCC(=O)N1CCC(c2ccccc2)(C(F)(F)F)CC1. The second-order valence-electron chi connectivity index (χ2n) is 6.55. The number of alkyl halides is 3. The summed E-state index contributed by atoms with van der Waals surface area (Å²) in [6.07, 6.45) is -1.47. The minimum atomic E-state index is -4.33. The summed E-state index contributed by atoms with van der Waals surface area (Å²) in [6.45, 7) is 0.261. The molecule has 1 heterocycles. The molecule has 1 aromatic rings. The van der Waals surface area contributed by atoms with E-state index in [1.807, 2.05) is 0 Å². The first-order chi connectivity index (χ1) is 11.9. The van der Waals surface area contributed by atoms with Crippen LogP contribution < -0.4 is 0 Å². The lowest BCUT2D eigenvalue weighted by atomic mass is 9.72. The van der Waals surface area contributed by atoms with Crippen molar-refractivity contribution in [2.24, 2.45) is 0 Å². The number of benzene rings is 1. The lowest BCUT2D eigenvalue weighted by Gasteiger charge is -2.43. The maximum atomic E-state index is 13.8. The molecule has 1 aliphatic rings. The molecule has 6 heteroatoms. The van der Waals surface area contributed by atoms with Crippen LogP contribution in [0, 0.1) is 11.3 Å². The van der Waals surface area contributed by atoms with Crippen molar-refractivity contribution in [3.8, 4) is 6.07 Å². The molecule has 1 aliphatic heterocycles. The van der Waals surface area contributed by atoms with Crippen LogP contribution in [0.1, 0.15) is 50.5 Å². The Balaban J connectivity index is 1.96. The van der Waals surface area contributed by atoms with Crippen molar-refractivity contribution < 1.29 is 18.0 Å². The number of halogens is 3. The number of hydrogen-bond acceptors (Lipinski definition) is 2. The number of hydrogen-bond donors (Lipinski definition) is 0. The predicted molar refractivity (Wildman–Crippen MR) is 88.7 cm³/mol. The first-order valence-corrected chi connectivity index (χ1v) is 8.68. The van der Waals surface area contributed by atoms with Gasteiger partial charge >= 0.3 is 6.18 Å². The van der Waals surface area contributed by atoms with E-state index in [-0.39, 0.29) is 37.4 Å². The molecule has 0 radical (unpaired) electrons. The highest BCUT2D eigenvalue weighted by molar-refractivity contribution is 5.76. The van der Waals surface area contributed by atoms with Crippen molar-refractivity contribution in [3.63, 3.8) is 0 Å². The summed E-state index contributed by atoms with van der Waals surface area (Å²) >= 11 is 0. The molecule has 0 unspecified atom stereocenters. The van der Waals surface area contributed by atoms with Crippen LogP contribution in [-0.4, -0.2) is 30.1 Å². The molecule has 0 N–H and O–H groups in total. The Morgan fingerprint density at radius 1 is 1.12 bits per heavy atom. The number of piperidine rings is 1. The molecule has 0 aromatic heterocycles. The Bertz CT molecular complexity index is 599. The second-order valence-corrected chi connectivity index (χ2v) is 6.55. The Hall–Kier alpha value is -2.03. The number of likely N-dealkylation sites (tertiary alicyclic amines) is 1. The van der Waals surface area contributed by atoms with Gasteiger partial charge in [-0.15, -0.1) is 0 Å². The molecule has 1 fully saturated rings. The highest BCUT2D eigenvalue weighted by Gasteiger charge is 2.56. The Labute approximate surface area is 146 Å². The van der Waals surface area contributed by atoms with Crippen LogP contribution in [0.3, 0.4) is 0 Å². The number of nitrogens with zero attached hydrogens (tertiary/aromatic N) is 2. The maximum Gasteiger partial charge on any atom is 0.398 e. The highest BCUT2D eigenvalue weighted by Crippen LogP contribution is 2.48. The monoisotopic (exact) mass is 352 g/mol. The molecule has 0 spiro atoms. The normalized spacial score (nSPS) is 17.1. The van der Waals surface area contributed by atoms with E-state index in [0.29, 0.717) is 19.3 Å². The van der Waals surface area contributed by atoms with Crippen LogP contribution in [0.15, 0.2) is 30.3 Å². The lowest BCUT2D eigenvalue weighted by molar-refractivity contribution is -0.203. The van der Waals surface area contributed by atoms with Crippen LogP contribution in [-0.2, 0) is 10.2 Å². The van der Waals surface area contributed by atoms with Crippen molar-refractivity contribution in [2.75, 3.05) is 13.1 Å². The van der Waals surface area contributed by atoms with Crippen molar-refractivity contribution in [1.82, 2.24) is 4.90 Å². The van der Waals surface area contributed by atoms with E-state index < -0.39 is 11.6 Å². The van der Waals surface area contributed by atoms with Gasteiger partial charge in [-0.05, 0) is 31.2 Å². The minimum absolute atomic E-state index is 0.0826. The molecule has 136 valence electrons. The molecular weight excluding hydrogens is 329 g/mol. The number of carbonyl (C=O) groups excluding carboxylic acids is 1. The van der Waals surface area contributed by atoms with Crippen molar-refractivity contribution in [1.29, 1.82) is 5.26 Å². The third-order valence-electron chi connectivity index (χ3n) is 5.02. The van der Waals surface area contributed by atoms with Gasteiger partial charge in [0.25, 0.3) is 0 Å². The number of carbonyl (C=O) groups is 1. The van der Waals surface area contributed by atoms with Gasteiger partial charge in [-0.1, -0.05) is 36.8 Å². The zero-order valence-corrected chi connectivity index (χ0v) is 14.2. The van der Waals surface area contributed by atoms with Gasteiger partial charge in [-0.2, -0.15) is 18.4 Å². The number of amides is 1. The fourth-order valence-corrected chi connectivity index (χ4v) is 3.45. The predicted octanol–water partition coefficient (Wildman–Crippen LogP) is 4.58. The van der Waals surface area contributed by atoms with Gasteiger partial charge in [0.2, 0.25) is 5.91 Å². The van der Waals surface area contributed by atoms with Crippen molar-refractivity contribution in [3.05, 3.63) is 35.9 Å². The summed E-state index contributed by atoms with van der Waals surface area (Å²) in [5, 5.41) is 8.47. The van der Waals surface area contributed by atoms with Gasteiger partial charge in [-0.25, -0.2) is 0 Å². The topological polar surface area (TPSA) is 44.1 Å². The second kappa shape index (κ2) is 8.37. The summed E-state index contributed by atoms with van der Waals surface area (Å²) in [7, 11) is 0. The van der Waals surface area contributed by atoms with E-state index in [0.717, 1.165) is 12.8 Å². The maximum absolute atomic E-state index is 13.8. The summed E-state index contributed by atoms with van der Waals surface area (Å²) in [4.78, 5) is 13.8. The Morgan fingerprint density at radius 3 is 2.32 bits per heavy atom. The number of rotatable bonds is 6. The van der Waals surface area contributed by atoms with Crippen LogP contribution >= 0.6 is 0 Å². The van der Waals surface area contributed by atoms with Crippen LogP contribution in [0.5, 0.6) is 0 Å². The molecule has 1 aromatic carbocycles. The largest absolute Gasteiger partial charge is 0.398 e. The number of nitriles is 1. The Morgan fingerprint density at radius 2 is 1.76 bits per heavy atom. The molecule has 0 atom stereocenters. The lowest BCUT2D eigenvalue weighted by Crippen LogP contribution is -2.52. The molecule has 0 aliphatic carbocycles. The summed E-state index contributed by atoms with van der Waals surface area (Å²) < 4.78 is 41.4. The summed E-state index contributed by atoms with van der Waals surface area (Å²) in [5.74, 6) is -0.0826. The van der Waals surface area contributed by atoms with E-state index in [4.69, 9.17) is 5.26 Å². The van der Waals surface area contributed by atoms with Crippen LogP contribution in [0.25, 0.3) is 0 Å². The average Bonchev–Trinajstić information content (AvgIpc) is 2.61. The van der Waals surface area contributed by atoms with E-state index in [1.165, 1.54) is 12.1 Å². The summed E-state index contributed by atoms with van der Waals surface area (Å²) in [6, 6.07) is 10.1. The van der Waals surface area contributed by atoms with Gasteiger partial charge in [-0.3, -0.25) is 4.79 Å². The molecule has 3 nitrogen and oxygen atoms in total. The quantitative estimate of drug-likeness (QED) is 0.703. The molecular formula is C19H23F3N2O. The van der Waals surface area contributed by atoms with E-state index >= 15 is 0 Å². The van der Waals surface area contributed by atoms with Gasteiger partial charge < -0.3 is 4.90 Å². The molecule has 0 bridgehead atoms. The summed E-state index contributed by atoms with van der Waals surface area (Å²) in [5.41, 5.74) is -1.58. The molecule has 2 rings (SSSR count). The smallest absolute Gasteiger partial charge is 0.343 e. The van der Waals surface area contributed by atoms with Crippen molar-refractivity contribution >= 4 is 5.91 Å².